The predicted octanol–water partition coefficient (Wildman–Crippen LogP) is 7.49. The lowest BCUT2D eigenvalue weighted by Crippen LogP contribution is -2.48. The molecule has 0 aromatic carbocycles. The average molecular weight is 331 g/mol. The van der Waals surface area contributed by atoms with E-state index in [1.54, 1.807) is 0 Å². The molecule has 0 amide bonds. The number of hydrogen-bond donors (Lipinski definition) is 0. The zero-order valence-corrected chi connectivity index (χ0v) is 17.1. The zero-order valence-electron chi connectivity index (χ0n) is 17.1. The van der Waals surface area contributed by atoms with Crippen molar-refractivity contribution in [2.45, 2.75) is 92.4 Å². The van der Waals surface area contributed by atoms with Crippen LogP contribution in [0.5, 0.6) is 0 Å². The summed E-state index contributed by atoms with van der Waals surface area (Å²) in [6, 6.07) is 0. The third kappa shape index (κ3) is 3.01. The molecule has 0 radical (unpaired) electrons. The van der Waals surface area contributed by atoms with E-state index in [2.05, 4.69) is 47.3 Å². The molecule has 24 heavy (non-hydrogen) atoms. The summed E-state index contributed by atoms with van der Waals surface area (Å²) < 4.78 is 0. The quantitative estimate of drug-likeness (QED) is 0.468. The summed E-state index contributed by atoms with van der Waals surface area (Å²) in [4.78, 5) is 0. The van der Waals surface area contributed by atoms with Crippen molar-refractivity contribution in [3.05, 3.63) is 12.7 Å². The lowest BCUT2D eigenvalue weighted by molar-refractivity contribution is -0.0602. The molecule has 5 unspecified atom stereocenters. The molecule has 0 aromatic heterocycles. The molecule has 3 fully saturated rings. The molecule has 3 aliphatic rings. The maximum Gasteiger partial charge on any atom is -0.0264 e. The van der Waals surface area contributed by atoms with E-state index in [4.69, 9.17) is 0 Å². The van der Waals surface area contributed by atoms with E-state index in [1.807, 2.05) is 0 Å². The number of allylic oxidation sites excluding steroid dienone is 1. The minimum Gasteiger partial charge on any atom is -0.103 e. The van der Waals surface area contributed by atoms with E-state index in [-0.39, 0.29) is 0 Å². The van der Waals surface area contributed by atoms with Crippen molar-refractivity contribution in [3.63, 3.8) is 0 Å². The normalized spacial score (nSPS) is 49.2. The van der Waals surface area contributed by atoms with Gasteiger partial charge in [-0.25, -0.2) is 0 Å². The lowest BCUT2D eigenvalue weighted by Gasteiger charge is -2.55. The van der Waals surface area contributed by atoms with Crippen LogP contribution in [0.15, 0.2) is 12.7 Å². The maximum absolute atomic E-state index is 4.16. The summed E-state index contributed by atoms with van der Waals surface area (Å²) >= 11 is 0. The van der Waals surface area contributed by atoms with Gasteiger partial charge in [-0.2, -0.15) is 0 Å². The van der Waals surface area contributed by atoms with Crippen LogP contribution in [-0.4, -0.2) is 0 Å². The third-order valence-corrected chi connectivity index (χ3v) is 9.07. The van der Waals surface area contributed by atoms with Gasteiger partial charge in [0, 0.05) is 0 Å². The van der Waals surface area contributed by atoms with Crippen molar-refractivity contribution < 1.29 is 0 Å². The lowest BCUT2D eigenvalue weighted by atomic mass is 9.49. The maximum atomic E-state index is 4.16. The smallest absolute Gasteiger partial charge is 0.0264 e. The van der Waals surface area contributed by atoms with Gasteiger partial charge in [0.1, 0.15) is 0 Å². The van der Waals surface area contributed by atoms with Crippen molar-refractivity contribution in [2.24, 2.45) is 46.3 Å². The monoisotopic (exact) mass is 330 g/mol. The van der Waals surface area contributed by atoms with E-state index in [9.17, 15) is 0 Å². The Morgan fingerprint density at radius 2 is 1.62 bits per heavy atom. The van der Waals surface area contributed by atoms with Crippen LogP contribution in [0.4, 0.5) is 0 Å². The van der Waals surface area contributed by atoms with Crippen LogP contribution >= 0.6 is 0 Å². The Balaban J connectivity index is 1.85. The second-order valence-corrected chi connectivity index (χ2v) is 10.7. The SMILES string of the molecule is C=CCC1C(C2(C)CCC(C)CC2)CCC2(C)C(C(C)C)CCC12. The fraction of sp³-hybridized carbons (Fsp3) is 0.917. The molecule has 0 saturated heterocycles. The van der Waals surface area contributed by atoms with Gasteiger partial charge in [-0.05, 0) is 91.3 Å². The Morgan fingerprint density at radius 1 is 0.958 bits per heavy atom. The molecule has 0 heterocycles. The van der Waals surface area contributed by atoms with Crippen LogP contribution < -0.4 is 0 Å². The van der Waals surface area contributed by atoms with Crippen LogP contribution in [-0.2, 0) is 0 Å². The van der Waals surface area contributed by atoms with Crippen molar-refractivity contribution in [1.82, 2.24) is 0 Å². The van der Waals surface area contributed by atoms with Gasteiger partial charge in [0.05, 0.1) is 0 Å². The molecule has 3 aliphatic carbocycles. The minimum atomic E-state index is 0.608. The second-order valence-electron chi connectivity index (χ2n) is 10.7. The predicted molar refractivity (Wildman–Crippen MR) is 106 cm³/mol. The van der Waals surface area contributed by atoms with E-state index >= 15 is 0 Å². The molecular weight excluding hydrogens is 288 g/mol. The first-order valence-corrected chi connectivity index (χ1v) is 10.9. The van der Waals surface area contributed by atoms with Gasteiger partial charge in [-0.3, -0.25) is 0 Å². The molecular formula is C24H42. The Kier molecular flexibility index (Phi) is 5.25. The highest BCUT2D eigenvalue weighted by Gasteiger charge is 2.56. The summed E-state index contributed by atoms with van der Waals surface area (Å²) in [5, 5.41) is 0. The minimum absolute atomic E-state index is 0.608. The Bertz CT molecular complexity index is 439. The van der Waals surface area contributed by atoms with Crippen LogP contribution in [0.2, 0.25) is 0 Å². The summed E-state index contributed by atoms with van der Waals surface area (Å²) in [6.07, 6.45) is 15.3. The van der Waals surface area contributed by atoms with Crippen molar-refractivity contribution in [2.75, 3.05) is 0 Å². The summed E-state index contributed by atoms with van der Waals surface area (Å²) in [6.45, 7) is 16.9. The van der Waals surface area contributed by atoms with Gasteiger partial charge >= 0.3 is 0 Å². The third-order valence-electron chi connectivity index (χ3n) is 9.07. The highest BCUT2D eigenvalue weighted by Crippen LogP contribution is 2.65. The van der Waals surface area contributed by atoms with E-state index < -0.39 is 0 Å². The standard InChI is InChI=1S/C24H42/c1-7-8-19-21(23(5)14-11-18(4)12-15-23)13-16-24(6)20(17(2)3)9-10-22(19)24/h7,17-22H,1,8-16H2,2-6H3. The molecule has 138 valence electrons. The molecule has 0 aromatic rings. The number of hydrogen-bond acceptors (Lipinski definition) is 0. The molecule has 0 N–H and O–H groups in total. The molecule has 0 aliphatic heterocycles. The first-order chi connectivity index (χ1) is 11.3. The first-order valence-electron chi connectivity index (χ1n) is 10.9. The zero-order chi connectivity index (χ0) is 17.5. The molecule has 0 heteroatoms. The van der Waals surface area contributed by atoms with Crippen LogP contribution in [0.3, 0.4) is 0 Å². The van der Waals surface area contributed by atoms with Gasteiger partial charge in [-0.15, -0.1) is 6.58 Å². The van der Waals surface area contributed by atoms with Crippen molar-refractivity contribution in [1.29, 1.82) is 0 Å². The van der Waals surface area contributed by atoms with Gasteiger partial charge < -0.3 is 0 Å². The molecule has 0 bridgehead atoms. The fourth-order valence-electron chi connectivity index (χ4n) is 7.60. The van der Waals surface area contributed by atoms with Crippen molar-refractivity contribution in [3.8, 4) is 0 Å². The largest absolute Gasteiger partial charge is 0.103 e. The highest BCUT2D eigenvalue weighted by molar-refractivity contribution is 5.07. The molecule has 3 rings (SSSR count). The van der Waals surface area contributed by atoms with E-state index in [0.717, 1.165) is 35.5 Å². The Labute approximate surface area is 151 Å². The molecule has 0 nitrogen and oxygen atoms in total. The van der Waals surface area contributed by atoms with Crippen molar-refractivity contribution >= 4 is 0 Å². The summed E-state index contributed by atoms with van der Waals surface area (Å²) in [5.41, 5.74) is 1.22. The van der Waals surface area contributed by atoms with E-state index in [1.165, 1.54) is 57.8 Å². The summed E-state index contributed by atoms with van der Waals surface area (Å²) in [7, 11) is 0. The molecule has 3 saturated carbocycles. The summed E-state index contributed by atoms with van der Waals surface area (Å²) in [5.74, 6) is 5.58. The number of fused-ring (bicyclic) bond motifs is 1. The van der Waals surface area contributed by atoms with E-state index in [0.29, 0.717) is 10.8 Å². The fourth-order valence-corrected chi connectivity index (χ4v) is 7.60. The Hall–Kier alpha value is -0.260. The van der Waals surface area contributed by atoms with Crippen LogP contribution in [0.1, 0.15) is 92.4 Å². The first kappa shape index (κ1) is 18.5. The van der Waals surface area contributed by atoms with Gasteiger partial charge in [-0.1, -0.05) is 53.5 Å². The van der Waals surface area contributed by atoms with Gasteiger partial charge in [0.15, 0.2) is 0 Å². The van der Waals surface area contributed by atoms with Crippen LogP contribution in [0.25, 0.3) is 0 Å². The number of rotatable bonds is 4. The van der Waals surface area contributed by atoms with Crippen LogP contribution in [0, 0.1) is 46.3 Å². The molecule has 5 atom stereocenters. The Morgan fingerprint density at radius 3 is 2.21 bits per heavy atom. The average Bonchev–Trinajstić information content (AvgIpc) is 2.88. The van der Waals surface area contributed by atoms with Gasteiger partial charge in [0.2, 0.25) is 0 Å². The molecule has 0 spiro atoms. The van der Waals surface area contributed by atoms with Gasteiger partial charge in [0.25, 0.3) is 0 Å². The second kappa shape index (κ2) is 6.81. The topological polar surface area (TPSA) is 0 Å². The highest BCUT2D eigenvalue weighted by atomic mass is 14.6.